The van der Waals surface area contributed by atoms with E-state index in [9.17, 15) is 4.79 Å². The summed E-state index contributed by atoms with van der Waals surface area (Å²) >= 11 is 0. The van der Waals surface area contributed by atoms with Crippen molar-refractivity contribution in [3.63, 3.8) is 0 Å². The second kappa shape index (κ2) is 4.58. The fraction of sp³-hybridized carbons (Fsp3) is 0.889. The minimum atomic E-state index is 0.161. The lowest BCUT2D eigenvalue weighted by molar-refractivity contribution is -0.136. The fourth-order valence-corrected chi connectivity index (χ4v) is 1.67. The second-order valence-corrected chi connectivity index (χ2v) is 3.64. The summed E-state index contributed by atoms with van der Waals surface area (Å²) in [5.74, 6) is 0.161. The largest absolute Gasteiger partial charge is 0.395 e. The van der Waals surface area contributed by atoms with Gasteiger partial charge in [0.2, 0.25) is 5.91 Å². The molecule has 0 aromatic rings. The first-order valence-corrected chi connectivity index (χ1v) is 4.71. The number of aliphatic hydroxyl groups excluding tert-OH is 1. The molecule has 0 aliphatic carbocycles. The highest BCUT2D eigenvalue weighted by atomic mass is 16.3. The Hall–Kier alpha value is -0.610. The number of amides is 1. The molecule has 4 nitrogen and oxygen atoms in total. The van der Waals surface area contributed by atoms with Crippen molar-refractivity contribution in [2.45, 2.75) is 19.4 Å². The van der Waals surface area contributed by atoms with Crippen LogP contribution in [0.2, 0.25) is 0 Å². The molecule has 0 spiro atoms. The number of likely N-dealkylation sites (tertiary alicyclic amines) is 1. The maximum atomic E-state index is 11.0. The molecule has 1 rings (SSSR count). The molecule has 0 aromatic carbocycles. The van der Waals surface area contributed by atoms with Gasteiger partial charge in [0.05, 0.1) is 6.61 Å². The van der Waals surface area contributed by atoms with Crippen molar-refractivity contribution in [2.24, 2.45) is 0 Å². The average Bonchev–Trinajstić information content (AvgIpc) is 1.97. The third kappa shape index (κ3) is 2.67. The Labute approximate surface area is 79.1 Å². The number of rotatable bonds is 4. The van der Waals surface area contributed by atoms with E-state index in [1.807, 2.05) is 11.9 Å². The van der Waals surface area contributed by atoms with Crippen molar-refractivity contribution in [1.82, 2.24) is 9.80 Å². The maximum Gasteiger partial charge on any atom is 0.219 e. The van der Waals surface area contributed by atoms with Crippen LogP contribution in [0.1, 0.15) is 13.3 Å². The molecule has 1 N–H and O–H groups in total. The van der Waals surface area contributed by atoms with Gasteiger partial charge in [-0.25, -0.2) is 0 Å². The minimum Gasteiger partial charge on any atom is -0.395 e. The van der Waals surface area contributed by atoms with Crippen LogP contribution in [-0.4, -0.2) is 60.1 Å². The lowest BCUT2D eigenvalue weighted by Gasteiger charge is -2.42. The van der Waals surface area contributed by atoms with Gasteiger partial charge in [0.25, 0.3) is 0 Å². The zero-order valence-electron chi connectivity index (χ0n) is 8.36. The molecular weight excluding hydrogens is 168 g/mol. The second-order valence-electron chi connectivity index (χ2n) is 3.64. The van der Waals surface area contributed by atoms with Gasteiger partial charge in [-0.15, -0.1) is 0 Å². The Kier molecular flexibility index (Phi) is 3.69. The van der Waals surface area contributed by atoms with Crippen LogP contribution < -0.4 is 0 Å². The number of likely N-dealkylation sites (N-methyl/N-ethyl adjacent to an activating group) is 1. The number of nitrogens with zero attached hydrogens (tertiary/aromatic N) is 2. The highest BCUT2D eigenvalue weighted by Crippen LogP contribution is 2.17. The molecule has 0 radical (unpaired) electrons. The van der Waals surface area contributed by atoms with Gasteiger partial charge in [-0.2, -0.15) is 0 Å². The van der Waals surface area contributed by atoms with Gasteiger partial charge in [0, 0.05) is 32.6 Å². The summed E-state index contributed by atoms with van der Waals surface area (Å²) < 4.78 is 0. The molecule has 1 saturated heterocycles. The monoisotopic (exact) mass is 186 g/mol. The lowest BCUT2D eigenvalue weighted by Crippen LogP contribution is -2.55. The van der Waals surface area contributed by atoms with E-state index in [0.29, 0.717) is 12.6 Å². The summed E-state index contributed by atoms with van der Waals surface area (Å²) in [4.78, 5) is 15.0. The van der Waals surface area contributed by atoms with Gasteiger partial charge in [-0.3, -0.25) is 4.79 Å². The Bertz CT molecular complexity index is 184. The van der Waals surface area contributed by atoms with Gasteiger partial charge >= 0.3 is 0 Å². The van der Waals surface area contributed by atoms with Crippen LogP contribution in [-0.2, 0) is 4.79 Å². The molecule has 1 amide bonds. The Morgan fingerprint density at radius 2 is 2.38 bits per heavy atom. The molecule has 1 fully saturated rings. The van der Waals surface area contributed by atoms with Gasteiger partial charge in [0.1, 0.15) is 0 Å². The molecule has 76 valence electrons. The third-order valence-corrected chi connectivity index (χ3v) is 2.55. The normalized spacial score (nSPS) is 21.8. The molecule has 0 aromatic heterocycles. The summed E-state index contributed by atoms with van der Waals surface area (Å²) in [7, 11) is 1.97. The maximum absolute atomic E-state index is 11.0. The van der Waals surface area contributed by atoms with Crippen LogP contribution >= 0.6 is 0 Å². The third-order valence-electron chi connectivity index (χ3n) is 2.55. The Morgan fingerprint density at radius 1 is 1.69 bits per heavy atom. The van der Waals surface area contributed by atoms with Crippen molar-refractivity contribution in [3.05, 3.63) is 0 Å². The van der Waals surface area contributed by atoms with Crippen molar-refractivity contribution in [2.75, 3.05) is 33.3 Å². The summed E-state index contributed by atoms with van der Waals surface area (Å²) in [6, 6.07) is 0.369. The van der Waals surface area contributed by atoms with Crippen molar-refractivity contribution < 1.29 is 9.90 Å². The molecule has 1 heterocycles. The van der Waals surface area contributed by atoms with Gasteiger partial charge < -0.3 is 14.9 Å². The number of hydrogen-bond donors (Lipinski definition) is 1. The molecule has 4 heteroatoms. The first-order chi connectivity index (χ1) is 6.15. The topological polar surface area (TPSA) is 43.8 Å². The molecule has 13 heavy (non-hydrogen) atoms. The summed E-state index contributed by atoms with van der Waals surface area (Å²) in [5, 5.41) is 8.69. The quantitative estimate of drug-likeness (QED) is 0.645. The van der Waals surface area contributed by atoms with E-state index in [2.05, 4.69) is 4.90 Å². The van der Waals surface area contributed by atoms with Crippen LogP contribution in [0.25, 0.3) is 0 Å². The predicted octanol–water partition coefficient (Wildman–Crippen LogP) is -0.469. The SMILES string of the molecule is CC(=O)N1CCC1CN(C)CCO. The first kappa shape index (κ1) is 10.5. The van der Waals surface area contributed by atoms with Crippen LogP contribution in [0.3, 0.4) is 0 Å². The number of aliphatic hydroxyl groups is 1. The smallest absolute Gasteiger partial charge is 0.219 e. The summed E-state index contributed by atoms with van der Waals surface area (Å²) in [6.07, 6.45) is 1.09. The lowest BCUT2D eigenvalue weighted by atomic mass is 10.0. The van der Waals surface area contributed by atoms with E-state index in [1.54, 1.807) is 6.92 Å². The fourth-order valence-electron chi connectivity index (χ4n) is 1.67. The van der Waals surface area contributed by atoms with Gasteiger partial charge in [-0.1, -0.05) is 0 Å². The first-order valence-electron chi connectivity index (χ1n) is 4.71. The van der Waals surface area contributed by atoms with Crippen LogP contribution in [0, 0.1) is 0 Å². The van der Waals surface area contributed by atoms with Crippen molar-refractivity contribution in [1.29, 1.82) is 0 Å². The van der Waals surface area contributed by atoms with Crippen molar-refractivity contribution in [3.8, 4) is 0 Å². The summed E-state index contributed by atoms with van der Waals surface area (Å²) in [5.41, 5.74) is 0. The van der Waals surface area contributed by atoms with Gasteiger partial charge in [0.15, 0.2) is 0 Å². The van der Waals surface area contributed by atoms with Crippen LogP contribution in [0.5, 0.6) is 0 Å². The van der Waals surface area contributed by atoms with E-state index in [-0.39, 0.29) is 12.5 Å². The number of carbonyl (C=O) groups excluding carboxylic acids is 1. The van der Waals surface area contributed by atoms with Gasteiger partial charge in [-0.05, 0) is 13.5 Å². The van der Waals surface area contributed by atoms with E-state index in [1.165, 1.54) is 0 Å². The highest BCUT2D eigenvalue weighted by molar-refractivity contribution is 5.74. The minimum absolute atomic E-state index is 0.161. The molecule has 1 aliphatic heterocycles. The van der Waals surface area contributed by atoms with Crippen LogP contribution in [0.4, 0.5) is 0 Å². The highest BCUT2D eigenvalue weighted by Gasteiger charge is 2.30. The zero-order valence-corrected chi connectivity index (χ0v) is 8.36. The predicted molar refractivity (Wildman–Crippen MR) is 50.4 cm³/mol. The Balaban J connectivity index is 2.25. The van der Waals surface area contributed by atoms with E-state index in [0.717, 1.165) is 19.5 Å². The van der Waals surface area contributed by atoms with Crippen LogP contribution in [0.15, 0.2) is 0 Å². The molecule has 1 unspecified atom stereocenters. The van der Waals surface area contributed by atoms with Crippen molar-refractivity contribution >= 4 is 5.91 Å². The Morgan fingerprint density at radius 3 is 2.77 bits per heavy atom. The summed E-state index contributed by atoms with van der Waals surface area (Å²) in [6.45, 7) is 4.25. The van der Waals surface area contributed by atoms with E-state index in [4.69, 9.17) is 5.11 Å². The molecule has 0 bridgehead atoms. The number of carbonyl (C=O) groups is 1. The average molecular weight is 186 g/mol. The standard InChI is InChI=1S/C9H18N2O2/c1-8(13)11-4-3-9(11)7-10(2)5-6-12/h9,12H,3-7H2,1-2H3. The molecular formula is C9H18N2O2. The van der Waals surface area contributed by atoms with E-state index >= 15 is 0 Å². The molecule has 1 atom stereocenters. The molecule has 0 saturated carbocycles. The molecule has 1 aliphatic rings. The number of hydrogen-bond acceptors (Lipinski definition) is 3. The van der Waals surface area contributed by atoms with E-state index < -0.39 is 0 Å². The zero-order chi connectivity index (χ0) is 9.84.